The summed E-state index contributed by atoms with van der Waals surface area (Å²) in [4.78, 5) is 0. The monoisotopic (exact) mass is 336 g/mol. The Balaban J connectivity index is 2.11. The number of nitrogens with zero attached hydrogens (tertiary/aromatic N) is 1. The van der Waals surface area contributed by atoms with E-state index in [2.05, 4.69) is 25.8 Å². The van der Waals surface area contributed by atoms with Crippen molar-refractivity contribution < 1.29 is 12.9 Å². The topological polar surface area (TPSA) is 72.2 Å². The molecule has 2 aromatic heterocycles. The molecule has 8 heteroatoms. The molecule has 0 atom stereocenters. The molecule has 0 aromatic carbocycles. The van der Waals surface area contributed by atoms with Gasteiger partial charge >= 0.3 is 0 Å². The summed E-state index contributed by atoms with van der Waals surface area (Å²) in [5, 5.41) is 5.42. The van der Waals surface area contributed by atoms with E-state index in [1.807, 2.05) is 0 Å². The predicted molar refractivity (Wildman–Crippen MR) is 67.3 cm³/mol. The molecule has 0 saturated carbocycles. The second-order valence-electron chi connectivity index (χ2n) is 3.31. The Morgan fingerprint density at radius 3 is 2.88 bits per heavy atom. The first kappa shape index (κ1) is 12.7. The normalized spacial score (nSPS) is 11.9. The molecule has 0 amide bonds. The van der Waals surface area contributed by atoms with Crippen LogP contribution in [0.1, 0.15) is 11.5 Å². The Labute approximate surface area is 111 Å². The summed E-state index contributed by atoms with van der Waals surface area (Å²) in [7, 11) is -3.50. The van der Waals surface area contributed by atoms with E-state index < -0.39 is 10.0 Å². The minimum atomic E-state index is -3.50. The molecule has 0 unspecified atom stereocenters. The molecule has 0 aliphatic heterocycles. The van der Waals surface area contributed by atoms with Gasteiger partial charge in [-0.25, -0.2) is 13.1 Å². The summed E-state index contributed by atoms with van der Waals surface area (Å²) in [6.07, 6.45) is 0. The molecule has 1 N–H and O–H groups in total. The maximum atomic E-state index is 11.9. The molecule has 2 aromatic rings. The smallest absolute Gasteiger partial charge is 0.251 e. The first-order valence-corrected chi connectivity index (χ1v) is 7.79. The fraction of sp³-hybridized carbons (Fsp3) is 0.222. The van der Waals surface area contributed by atoms with Crippen LogP contribution in [-0.4, -0.2) is 13.6 Å². The van der Waals surface area contributed by atoms with Crippen LogP contribution in [0.15, 0.2) is 30.7 Å². The van der Waals surface area contributed by atoms with Gasteiger partial charge in [-0.2, -0.15) is 0 Å². The van der Waals surface area contributed by atoms with Gasteiger partial charge in [0.05, 0.1) is 12.2 Å². The number of aryl methyl sites for hydroxylation is 1. The van der Waals surface area contributed by atoms with E-state index in [4.69, 9.17) is 4.52 Å². The summed E-state index contributed by atoms with van der Waals surface area (Å²) in [6.45, 7) is 1.87. The van der Waals surface area contributed by atoms with Gasteiger partial charge in [0.25, 0.3) is 10.0 Å². The predicted octanol–water partition coefficient (Wildman–Crippen LogP) is 2.29. The zero-order valence-electron chi connectivity index (χ0n) is 8.81. The third kappa shape index (κ3) is 2.95. The molecular formula is C9H9BrN2O3S2. The lowest BCUT2D eigenvalue weighted by Gasteiger charge is -2.02. The molecule has 5 nitrogen and oxygen atoms in total. The molecule has 0 spiro atoms. The largest absolute Gasteiger partial charge is 0.361 e. The van der Waals surface area contributed by atoms with Crippen LogP contribution in [0.25, 0.3) is 0 Å². The quantitative estimate of drug-likeness (QED) is 0.929. The van der Waals surface area contributed by atoms with Crippen LogP contribution in [0, 0.1) is 6.92 Å². The number of hydrogen-bond acceptors (Lipinski definition) is 5. The molecule has 0 radical (unpaired) electrons. The maximum Gasteiger partial charge on any atom is 0.251 e. The second kappa shape index (κ2) is 4.89. The lowest BCUT2D eigenvalue weighted by Crippen LogP contribution is -2.22. The summed E-state index contributed by atoms with van der Waals surface area (Å²) >= 11 is 4.35. The van der Waals surface area contributed by atoms with Gasteiger partial charge in [0.15, 0.2) is 0 Å². The number of sulfonamides is 1. The minimum absolute atomic E-state index is 0.115. The van der Waals surface area contributed by atoms with Crippen molar-refractivity contribution in [3.8, 4) is 0 Å². The van der Waals surface area contributed by atoms with Gasteiger partial charge in [-0.3, -0.25) is 0 Å². The van der Waals surface area contributed by atoms with Gasteiger partial charge in [-0.15, -0.1) is 11.3 Å². The lowest BCUT2D eigenvalue weighted by molar-refractivity contribution is 0.390. The maximum absolute atomic E-state index is 11.9. The number of halogens is 1. The molecule has 0 aliphatic carbocycles. The second-order valence-corrected chi connectivity index (χ2v) is 7.04. The van der Waals surface area contributed by atoms with Gasteiger partial charge in [0.2, 0.25) is 0 Å². The lowest BCUT2D eigenvalue weighted by atomic mass is 10.4. The number of nitrogens with one attached hydrogen (secondary N) is 1. The Morgan fingerprint density at radius 1 is 1.59 bits per heavy atom. The Hall–Kier alpha value is -0.700. The fourth-order valence-corrected chi connectivity index (χ4v) is 4.59. The summed E-state index contributed by atoms with van der Waals surface area (Å²) in [6, 6.07) is 3.38. The van der Waals surface area contributed by atoms with Gasteiger partial charge in [0, 0.05) is 10.5 Å². The van der Waals surface area contributed by atoms with E-state index in [0.29, 0.717) is 15.9 Å². The number of hydrogen-bond donors (Lipinski definition) is 1. The van der Waals surface area contributed by atoms with E-state index in [-0.39, 0.29) is 10.8 Å². The molecule has 92 valence electrons. The third-order valence-corrected chi connectivity index (χ3v) is 6.02. The first-order valence-electron chi connectivity index (χ1n) is 4.64. The molecule has 0 bridgehead atoms. The van der Waals surface area contributed by atoms with Crippen molar-refractivity contribution in [1.82, 2.24) is 9.88 Å². The molecule has 2 rings (SSSR count). The number of aromatic nitrogens is 1. The molecule has 0 fully saturated rings. The SMILES string of the molecule is Cc1cc(CNS(=O)(=O)c2sccc2Br)no1. The van der Waals surface area contributed by atoms with Gasteiger partial charge < -0.3 is 4.52 Å². The van der Waals surface area contributed by atoms with Crippen molar-refractivity contribution in [2.24, 2.45) is 0 Å². The number of thiophene rings is 1. The van der Waals surface area contributed by atoms with E-state index in [9.17, 15) is 8.42 Å². The molecular weight excluding hydrogens is 328 g/mol. The van der Waals surface area contributed by atoms with Crippen molar-refractivity contribution in [1.29, 1.82) is 0 Å². The van der Waals surface area contributed by atoms with Crippen LogP contribution in [0.5, 0.6) is 0 Å². The average Bonchev–Trinajstić information content (AvgIpc) is 2.85. The summed E-state index contributed by atoms with van der Waals surface area (Å²) < 4.78 is 31.9. The first-order chi connectivity index (χ1) is 7.99. The highest BCUT2D eigenvalue weighted by Gasteiger charge is 2.19. The van der Waals surface area contributed by atoms with Crippen LogP contribution >= 0.6 is 27.3 Å². The minimum Gasteiger partial charge on any atom is -0.361 e. The van der Waals surface area contributed by atoms with Crippen LogP contribution in [0.4, 0.5) is 0 Å². The molecule has 17 heavy (non-hydrogen) atoms. The van der Waals surface area contributed by atoms with Gasteiger partial charge in [0.1, 0.15) is 9.97 Å². The van der Waals surface area contributed by atoms with E-state index >= 15 is 0 Å². The Morgan fingerprint density at radius 2 is 2.35 bits per heavy atom. The van der Waals surface area contributed by atoms with E-state index in [1.54, 1.807) is 24.4 Å². The molecule has 2 heterocycles. The molecule has 0 aliphatic rings. The highest BCUT2D eigenvalue weighted by molar-refractivity contribution is 9.10. The van der Waals surface area contributed by atoms with Crippen molar-refractivity contribution >= 4 is 37.3 Å². The van der Waals surface area contributed by atoms with Crippen molar-refractivity contribution in [2.75, 3.05) is 0 Å². The van der Waals surface area contributed by atoms with Crippen LogP contribution in [0.3, 0.4) is 0 Å². The van der Waals surface area contributed by atoms with Gasteiger partial charge in [-0.05, 0) is 34.3 Å². The number of rotatable bonds is 4. The van der Waals surface area contributed by atoms with Crippen molar-refractivity contribution in [2.45, 2.75) is 17.7 Å². The molecule has 0 saturated heterocycles. The zero-order chi connectivity index (χ0) is 12.5. The summed E-state index contributed by atoms with van der Waals surface area (Å²) in [5.74, 6) is 0.650. The van der Waals surface area contributed by atoms with Crippen LogP contribution in [-0.2, 0) is 16.6 Å². The highest BCUT2D eigenvalue weighted by Crippen LogP contribution is 2.27. The third-order valence-electron chi connectivity index (χ3n) is 1.95. The van der Waals surface area contributed by atoms with Crippen molar-refractivity contribution in [3.05, 3.63) is 33.4 Å². The van der Waals surface area contributed by atoms with E-state index in [1.165, 1.54) is 0 Å². The van der Waals surface area contributed by atoms with Crippen molar-refractivity contribution in [3.63, 3.8) is 0 Å². The van der Waals surface area contributed by atoms with Gasteiger partial charge in [-0.1, -0.05) is 5.16 Å². The fourth-order valence-electron chi connectivity index (χ4n) is 1.21. The average molecular weight is 337 g/mol. The highest BCUT2D eigenvalue weighted by atomic mass is 79.9. The Bertz CT molecular complexity index is 618. The van der Waals surface area contributed by atoms with E-state index in [0.717, 1.165) is 11.3 Å². The standard InChI is InChI=1S/C9H9BrN2O3S2/c1-6-4-7(12-15-6)5-11-17(13,14)9-8(10)2-3-16-9/h2-4,11H,5H2,1H3. The zero-order valence-corrected chi connectivity index (χ0v) is 12.0. The summed E-state index contributed by atoms with van der Waals surface area (Å²) in [5.41, 5.74) is 0.554. The Kier molecular flexibility index (Phi) is 3.67. The van der Waals surface area contributed by atoms with Crippen LogP contribution in [0.2, 0.25) is 0 Å². The van der Waals surface area contributed by atoms with Crippen LogP contribution < -0.4 is 4.72 Å².